The van der Waals surface area contributed by atoms with Gasteiger partial charge in [-0.25, -0.2) is 4.79 Å². The Labute approximate surface area is 137 Å². The Morgan fingerprint density at radius 1 is 1.08 bits per heavy atom. The molecule has 0 atom stereocenters. The smallest absolute Gasteiger partial charge is 0.323 e. The van der Waals surface area contributed by atoms with Crippen LogP contribution in [-0.4, -0.2) is 32.6 Å². The number of hydrogen-bond acceptors (Lipinski definition) is 5. The minimum absolute atomic E-state index is 0.238. The lowest BCUT2D eigenvalue weighted by Crippen LogP contribution is -2.33. The van der Waals surface area contributed by atoms with Crippen LogP contribution in [0.3, 0.4) is 0 Å². The summed E-state index contributed by atoms with van der Waals surface area (Å²) in [5.74, 6) is -1.98. The predicted molar refractivity (Wildman–Crippen MR) is 82.2 cm³/mol. The topological polar surface area (TPSA) is 81.5 Å². The molecule has 0 fully saturated rings. The van der Waals surface area contributed by atoms with E-state index in [1.807, 2.05) is 0 Å². The van der Waals surface area contributed by atoms with Gasteiger partial charge in [-0.3, -0.25) is 14.3 Å². The molecular weight excluding hydrogens is 310 g/mol. The number of aromatic nitrogens is 2. The van der Waals surface area contributed by atoms with Crippen LogP contribution >= 0.6 is 0 Å². The van der Waals surface area contributed by atoms with Crippen molar-refractivity contribution in [3.05, 3.63) is 52.3 Å². The minimum atomic E-state index is -0.734. The van der Waals surface area contributed by atoms with Gasteiger partial charge in [-0.1, -0.05) is 17.2 Å². The summed E-state index contributed by atoms with van der Waals surface area (Å²) in [4.78, 5) is 42.3. The Hall–Kier alpha value is -2.96. The monoisotopic (exact) mass is 325 g/mol. The fourth-order valence-electron chi connectivity index (χ4n) is 3.31. The molecule has 0 saturated heterocycles. The van der Waals surface area contributed by atoms with Gasteiger partial charge in [0.15, 0.2) is 5.69 Å². The molecule has 0 saturated carbocycles. The molecule has 0 bridgehead atoms. The maximum Gasteiger partial charge on any atom is 0.382 e. The van der Waals surface area contributed by atoms with Gasteiger partial charge in [0.1, 0.15) is 0 Å². The van der Waals surface area contributed by atoms with Crippen molar-refractivity contribution in [2.24, 2.45) is 7.05 Å². The summed E-state index contributed by atoms with van der Waals surface area (Å²) >= 11 is 0. The third-order valence-electron chi connectivity index (χ3n) is 4.44. The number of nitrogens with zero attached hydrogens (tertiary/aromatic N) is 3. The van der Waals surface area contributed by atoms with Gasteiger partial charge in [0.25, 0.3) is 11.8 Å². The van der Waals surface area contributed by atoms with Crippen molar-refractivity contribution in [1.29, 1.82) is 0 Å². The summed E-state index contributed by atoms with van der Waals surface area (Å²) < 4.78 is 1.47. The third kappa shape index (κ3) is 2.05. The summed E-state index contributed by atoms with van der Waals surface area (Å²) in [7, 11) is 1.66. The quantitative estimate of drug-likeness (QED) is 0.785. The molecule has 0 radical (unpaired) electrons. The van der Waals surface area contributed by atoms with Gasteiger partial charge in [0.2, 0.25) is 0 Å². The highest BCUT2D eigenvalue weighted by molar-refractivity contribution is 6.21. The zero-order chi connectivity index (χ0) is 16.8. The normalized spacial score (nSPS) is 16.1. The molecule has 0 N–H and O–H groups in total. The van der Waals surface area contributed by atoms with E-state index in [4.69, 9.17) is 4.84 Å². The molecule has 1 aromatic carbocycles. The van der Waals surface area contributed by atoms with Crippen LogP contribution in [0.25, 0.3) is 0 Å². The van der Waals surface area contributed by atoms with Gasteiger partial charge in [-0.15, -0.1) is 0 Å². The summed E-state index contributed by atoms with van der Waals surface area (Å²) in [5, 5.41) is 4.89. The number of hydrogen-bond donors (Lipinski definition) is 0. The van der Waals surface area contributed by atoms with Crippen molar-refractivity contribution in [1.82, 2.24) is 14.8 Å². The molecule has 2 aromatic rings. The van der Waals surface area contributed by atoms with Gasteiger partial charge >= 0.3 is 5.97 Å². The van der Waals surface area contributed by atoms with Gasteiger partial charge in [0.05, 0.1) is 16.8 Å². The fourth-order valence-corrected chi connectivity index (χ4v) is 3.31. The van der Waals surface area contributed by atoms with E-state index >= 15 is 0 Å². The van der Waals surface area contributed by atoms with Crippen molar-refractivity contribution >= 4 is 17.8 Å². The number of carbonyl (C=O) groups is 3. The zero-order valence-electron chi connectivity index (χ0n) is 13.1. The Kier molecular flexibility index (Phi) is 3.23. The van der Waals surface area contributed by atoms with Crippen LogP contribution in [-0.2, 0) is 24.7 Å². The highest BCUT2D eigenvalue weighted by atomic mass is 16.7. The van der Waals surface area contributed by atoms with E-state index in [0.717, 1.165) is 36.9 Å². The number of rotatable bonds is 2. The highest BCUT2D eigenvalue weighted by Gasteiger charge is 2.39. The zero-order valence-corrected chi connectivity index (χ0v) is 13.1. The SMILES string of the molecule is Cn1nc2c(c1C(=O)ON1C(=O)c3ccccc3C1=O)CCCC2. The molecule has 7 heteroatoms. The largest absolute Gasteiger partial charge is 0.382 e. The molecule has 7 nitrogen and oxygen atoms in total. The lowest BCUT2D eigenvalue weighted by molar-refractivity contribution is -0.0592. The summed E-state index contributed by atoms with van der Waals surface area (Å²) in [5.41, 5.74) is 2.52. The van der Waals surface area contributed by atoms with Gasteiger partial charge in [-0.05, 0) is 37.8 Å². The van der Waals surface area contributed by atoms with E-state index in [-0.39, 0.29) is 11.1 Å². The number of fused-ring (bicyclic) bond motifs is 2. The van der Waals surface area contributed by atoms with E-state index in [2.05, 4.69) is 5.10 Å². The molecule has 2 heterocycles. The van der Waals surface area contributed by atoms with Crippen molar-refractivity contribution in [2.75, 3.05) is 0 Å². The molecule has 2 amide bonds. The van der Waals surface area contributed by atoms with Crippen LogP contribution in [0.2, 0.25) is 0 Å². The molecule has 0 spiro atoms. The molecule has 1 aliphatic heterocycles. The minimum Gasteiger partial charge on any atom is -0.323 e. The summed E-state index contributed by atoms with van der Waals surface area (Å²) in [6, 6.07) is 6.39. The van der Waals surface area contributed by atoms with Crippen LogP contribution in [0.5, 0.6) is 0 Å². The number of carbonyl (C=O) groups excluding carboxylic acids is 3. The first-order valence-electron chi connectivity index (χ1n) is 7.83. The molecule has 4 rings (SSSR count). The van der Waals surface area contributed by atoms with Crippen LogP contribution in [0.4, 0.5) is 0 Å². The standard InChI is InChI=1S/C17H15N3O4/c1-19-14(12-8-4-5-9-13(12)18-19)17(23)24-20-15(21)10-6-2-3-7-11(10)16(20)22/h2-3,6-7H,4-5,8-9H2,1H3. The molecule has 24 heavy (non-hydrogen) atoms. The second-order valence-electron chi connectivity index (χ2n) is 5.93. The molecule has 0 unspecified atom stereocenters. The number of imide groups is 1. The second-order valence-corrected chi connectivity index (χ2v) is 5.93. The van der Waals surface area contributed by atoms with E-state index in [1.54, 1.807) is 19.2 Å². The van der Waals surface area contributed by atoms with E-state index in [1.165, 1.54) is 16.8 Å². The van der Waals surface area contributed by atoms with E-state index in [9.17, 15) is 14.4 Å². The molecule has 1 aromatic heterocycles. The van der Waals surface area contributed by atoms with E-state index in [0.29, 0.717) is 10.8 Å². The maximum absolute atomic E-state index is 12.6. The number of aryl methyl sites for hydroxylation is 2. The van der Waals surface area contributed by atoms with Crippen LogP contribution in [0.1, 0.15) is 55.3 Å². The number of benzene rings is 1. The Morgan fingerprint density at radius 3 is 2.38 bits per heavy atom. The Morgan fingerprint density at radius 2 is 1.71 bits per heavy atom. The first kappa shape index (κ1) is 14.6. The Bertz CT molecular complexity index is 849. The van der Waals surface area contributed by atoms with Crippen molar-refractivity contribution in [3.8, 4) is 0 Å². The maximum atomic E-state index is 12.6. The molecule has 1 aliphatic carbocycles. The third-order valence-corrected chi connectivity index (χ3v) is 4.44. The number of hydroxylamine groups is 2. The van der Waals surface area contributed by atoms with E-state index < -0.39 is 17.8 Å². The van der Waals surface area contributed by atoms with Crippen LogP contribution in [0, 0.1) is 0 Å². The highest BCUT2D eigenvalue weighted by Crippen LogP contribution is 2.26. The number of amides is 2. The first-order valence-corrected chi connectivity index (χ1v) is 7.83. The van der Waals surface area contributed by atoms with Crippen molar-refractivity contribution in [2.45, 2.75) is 25.7 Å². The molecule has 2 aliphatic rings. The average Bonchev–Trinajstić information content (AvgIpc) is 3.04. The first-order chi connectivity index (χ1) is 11.6. The Balaban J connectivity index is 1.63. The lowest BCUT2D eigenvalue weighted by Gasteiger charge is -2.14. The fraction of sp³-hybridized carbons (Fsp3) is 0.294. The average molecular weight is 325 g/mol. The lowest BCUT2D eigenvalue weighted by atomic mass is 9.96. The molecular formula is C17H15N3O4. The van der Waals surface area contributed by atoms with Crippen molar-refractivity contribution in [3.63, 3.8) is 0 Å². The summed E-state index contributed by atoms with van der Waals surface area (Å²) in [6.07, 6.45) is 3.59. The van der Waals surface area contributed by atoms with Gasteiger partial charge < -0.3 is 4.84 Å². The second kappa shape index (κ2) is 5.30. The summed E-state index contributed by atoms with van der Waals surface area (Å²) in [6.45, 7) is 0. The van der Waals surface area contributed by atoms with Gasteiger partial charge in [-0.2, -0.15) is 5.10 Å². The van der Waals surface area contributed by atoms with Crippen LogP contribution < -0.4 is 0 Å². The predicted octanol–water partition coefficient (Wildman–Crippen LogP) is 1.67. The molecule has 122 valence electrons. The van der Waals surface area contributed by atoms with Crippen molar-refractivity contribution < 1.29 is 19.2 Å². The van der Waals surface area contributed by atoms with Crippen LogP contribution in [0.15, 0.2) is 24.3 Å². The van der Waals surface area contributed by atoms with Gasteiger partial charge in [0, 0.05) is 12.6 Å².